The molecule has 202 valence electrons. The highest BCUT2D eigenvalue weighted by atomic mass is 16.3. The minimum absolute atomic E-state index is 0.0247. The van der Waals surface area contributed by atoms with E-state index >= 15 is 0 Å². The van der Waals surface area contributed by atoms with Crippen molar-refractivity contribution < 1.29 is 9.90 Å². The summed E-state index contributed by atoms with van der Waals surface area (Å²) in [6.45, 7) is 7.34. The van der Waals surface area contributed by atoms with Gasteiger partial charge < -0.3 is 19.8 Å². The number of nitriles is 1. The molecule has 5 rings (SSSR count). The normalized spacial score (nSPS) is 18.2. The van der Waals surface area contributed by atoms with Crippen LogP contribution in [-0.2, 0) is 6.42 Å². The largest absolute Gasteiger partial charge is 0.394 e. The van der Waals surface area contributed by atoms with E-state index in [1.54, 1.807) is 6.20 Å². The van der Waals surface area contributed by atoms with Gasteiger partial charge in [-0.05, 0) is 74.9 Å². The Bertz CT molecular complexity index is 1350. The molecule has 0 bridgehead atoms. The predicted molar refractivity (Wildman–Crippen MR) is 152 cm³/mol. The fourth-order valence-electron chi connectivity index (χ4n) is 5.91. The number of aromatic nitrogens is 2. The third kappa shape index (κ3) is 5.74. The highest BCUT2D eigenvalue weighted by Crippen LogP contribution is 2.29. The number of amides is 1. The molecule has 3 aromatic rings. The quantitative estimate of drug-likeness (QED) is 0.525. The molecule has 1 aromatic carbocycles. The summed E-state index contributed by atoms with van der Waals surface area (Å²) in [5, 5.41) is 19.6. The topological polar surface area (TPSA) is 96.6 Å². The maximum Gasteiger partial charge on any atom is 0.255 e. The number of aliphatic hydroxyl groups excluding tert-OH is 1. The lowest BCUT2D eigenvalue weighted by Gasteiger charge is -2.41. The molecule has 2 saturated heterocycles. The molecular weight excluding hydrogens is 488 g/mol. The molecule has 0 unspecified atom stereocenters. The van der Waals surface area contributed by atoms with Crippen LogP contribution in [0.15, 0.2) is 54.7 Å². The van der Waals surface area contributed by atoms with E-state index in [0.717, 1.165) is 66.4 Å². The van der Waals surface area contributed by atoms with E-state index in [9.17, 15) is 15.2 Å². The van der Waals surface area contributed by atoms with Gasteiger partial charge in [0.15, 0.2) is 0 Å². The Morgan fingerprint density at radius 3 is 2.54 bits per heavy atom. The molecule has 39 heavy (non-hydrogen) atoms. The van der Waals surface area contributed by atoms with Crippen LogP contribution in [-0.4, -0.2) is 71.3 Å². The van der Waals surface area contributed by atoms with Crippen LogP contribution in [0.2, 0.25) is 0 Å². The first kappa shape index (κ1) is 26.6. The SMILES string of the molecule is Cc1nc(C)c(C(=O)N2CCN(c3ccccn3)[C@H](CO)C2)cc1CC1CCN(c2ccccc2C#N)CC1. The predicted octanol–water partition coefficient (Wildman–Crippen LogP) is 3.75. The van der Waals surface area contributed by atoms with Gasteiger partial charge in [0.2, 0.25) is 0 Å². The zero-order valence-electron chi connectivity index (χ0n) is 22.8. The first-order valence-corrected chi connectivity index (χ1v) is 13.8. The standard InChI is InChI=1S/C31H36N6O2/c1-22-26(17-24-10-13-35(14-11-24)29-8-4-3-7-25(29)19-32)18-28(23(2)34-22)31(39)36-15-16-37(27(20-36)21-38)30-9-5-6-12-33-30/h3-9,12,18,24,27,38H,10-11,13-17,20-21H2,1-2H3/t27-/m0/s1. The second-order valence-electron chi connectivity index (χ2n) is 10.6. The van der Waals surface area contributed by atoms with Crippen LogP contribution >= 0.6 is 0 Å². The van der Waals surface area contributed by atoms with Crippen LogP contribution in [0.4, 0.5) is 11.5 Å². The molecule has 2 aromatic heterocycles. The van der Waals surface area contributed by atoms with E-state index in [0.29, 0.717) is 31.1 Å². The van der Waals surface area contributed by atoms with Gasteiger partial charge in [0.1, 0.15) is 11.9 Å². The molecule has 1 N–H and O–H groups in total. The zero-order valence-corrected chi connectivity index (χ0v) is 22.8. The Balaban J connectivity index is 1.26. The summed E-state index contributed by atoms with van der Waals surface area (Å²) in [6, 6.07) is 17.7. The van der Waals surface area contributed by atoms with E-state index in [4.69, 9.17) is 4.98 Å². The lowest BCUT2D eigenvalue weighted by Crippen LogP contribution is -2.56. The number of hydrogen-bond donors (Lipinski definition) is 1. The van der Waals surface area contributed by atoms with Gasteiger partial charge in [-0.3, -0.25) is 9.78 Å². The van der Waals surface area contributed by atoms with Crippen molar-refractivity contribution in [2.45, 2.75) is 39.2 Å². The molecule has 2 aliphatic rings. The van der Waals surface area contributed by atoms with Crippen molar-refractivity contribution in [2.24, 2.45) is 5.92 Å². The van der Waals surface area contributed by atoms with Crippen molar-refractivity contribution in [3.05, 3.63) is 82.8 Å². The van der Waals surface area contributed by atoms with Crippen LogP contribution in [0.3, 0.4) is 0 Å². The highest BCUT2D eigenvalue weighted by Gasteiger charge is 2.31. The molecule has 0 aliphatic carbocycles. The van der Waals surface area contributed by atoms with E-state index in [2.05, 4.69) is 26.9 Å². The van der Waals surface area contributed by atoms with Gasteiger partial charge >= 0.3 is 0 Å². The molecule has 8 nitrogen and oxygen atoms in total. The number of benzene rings is 1. The smallest absolute Gasteiger partial charge is 0.255 e. The summed E-state index contributed by atoms with van der Waals surface area (Å²) in [6.07, 6.45) is 4.70. The van der Waals surface area contributed by atoms with Crippen LogP contribution in [0, 0.1) is 31.1 Å². The molecule has 2 aliphatic heterocycles. The number of para-hydroxylation sites is 1. The Morgan fingerprint density at radius 2 is 1.82 bits per heavy atom. The number of piperidine rings is 1. The van der Waals surface area contributed by atoms with Gasteiger partial charge in [-0.2, -0.15) is 5.26 Å². The number of carbonyl (C=O) groups is 1. The number of aliphatic hydroxyl groups is 1. The van der Waals surface area contributed by atoms with Crippen LogP contribution in [0.5, 0.6) is 0 Å². The Labute approximate surface area is 230 Å². The number of rotatable bonds is 6. The molecule has 4 heterocycles. The van der Waals surface area contributed by atoms with Crippen LogP contribution < -0.4 is 9.80 Å². The van der Waals surface area contributed by atoms with Gasteiger partial charge in [0.25, 0.3) is 5.91 Å². The maximum absolute atomic E-state index is 13.7. The Hall–Kier alpha value is -3.96. The van der Waals surface area contributed by atoms with E-state index in [1.807, 2.05) is 61.2 Å². The minimum Gasteiger partial charge on any atom is -0.394 e. The first-order chi connectivity index (χ1) is 19.0. The number of carbonyl (C=O) groups excluding carboxylic acids is 1. The summed E-state index contributed by atoms with van der Waals surface area (Å²) in [5.74, 6) is 1.30. The lowest BCUT2D eigenvalue weighted by atomic mass is 9.88. The van der Waals surface area contributed by atoms with Crippen molar-refractivity contribution in [3.8, 4) is 6.07 Å². The van der Waals surface area contributed by atoms with Gasteiger partial charge in [0, 0.05) is 44.6 Å². The number of pyridine rings is 2. The van der Waals surface area contributed by atoms with Crippen molar-refractivity contribution in [3.63, 3.8) is 0 Å². The van der Waals surface area contributed by atoms with Crippen molar-refractivity contribution >= 4 is 17.4 Å². The van der Waals surface area contributed by atoms with Crippen molar-refractivity contribution in [1.82, 2.24) is 14.9 Å². The summed E-state index contributed by atoms with van der Waals surface area (Å²) >= 11 is 0. The van der Waals surface area contributed by atoms with Gasteiger partial charge in [0.05, 0.1) is 35.2 Å². The summed E-state index contributed by atoms with van der Waals surface area (Å²) in [5.41, 5.74) is 5.25. The van der Waals surface area contributed by atoms with Gasteiger partial charge in [-0.15, -0.1) is 0 Å². The number of hydrogen-bond acceptors (Lipinski definition) is 7. The molecule has 0 radical (unpaired) electrons. The zero-order chi connectivity index (χ0) is 27.4. The number of piperazine rings is 1. The fourth-order valence-corrected chi connectivity index (χ4v) is 5.91. The number of aryl methyl sites for hydroxylation is 2. The molecule has 2 fully saturated rings. The molecule has 8 heteroatoms. The van der Waals surface area contributed by atoms with Crippen molar-refractivity contribution in [1.29, 1.82) is 5.26 Å². The molecule has 0 saturated carbocycles. The summed E-state index contributed by atoms with van der Waals surface area (Å²) < 4.78 is 0. The summed E-state index contributed by atoms with van der Waals surface area (Å²) in [4.78, 5) is 29.1. The number of anilines is 2. The van der Waals surface area contributed by atoms with E-state index in [-0.39, 0.29) is 18.6 Å². The maximum atomic E-state index is 13.7. The molecule has 0 spiro atoms. The second kappa shape index (κ2) is 11.8. The van der Waals surface area contributed by atoms with Gasteiger partial charge in [-0.1, -0.05) is 18.2 Å². The summed E-state index contributed by atoms with van der Waals surface area (Å²) in [7, 11) is 0. The molecule has 1 atom stereocenters. The minimum atomic E-state index is -0.202. The average molecular weight is 525 g/mol. The van der Waals surface area contributed by atoms with Crippen LogP contribution in [0.1, 0.15) is 45.7 Å². The van der Waals surface area contributed by atoms with Crippen LogP contribution in [0.25, 0.3) is 0 Å². The fraction of sp³-hybridized carbons (Fsp3) is 0.419. The first-order valence-electron chi connectivity index (χ1n) is 13.8. The highest BCUT2D eigenvalue weighted by molar-refractivity contribution is 5.95. The molecular formula is C31H36N6O2. The van der Waals surface area contributed by atoms with Gasteiger partial charge in [-0.25, -0.2) is 4.98 Å². The van der Waals surface area contributed by atoms with Crippen molar-refractivity contribution in [2.75, 3.05) is 49.1 Å². The third-order valence-corrected chi connectivity index (χ3v) is 8.15. The second-order valence-corrected chi connectivity index (χ2v) is 10.6. The number of nitrogens with zero attached hydrogens (tertiary/aromatic N) is 6. The average Bonchev–Trinajstić information content (AvgIpc) is 2.98. The monoisotopic (exact) mass is 524 g/mol. The van der Waals surface area contributed by atoms with E-state index in [1.165, 1.54) is 0 Å². The van der Waals surface area contributed by atoms with E-state index < -0.39 is 0 Å². The third-order valence-electron chi connectivity index (χ3n) is 8.15. The molecule has 1 amide bonds. The Kier molecular flexibility index (Phi) is 8.08. The Morgan fingerprint density at radius 1 is 1.05 bits per heavy atom. The lowest BCUT2D eigenvalue weighted by molar-refractivity contribution is 0.0697.